The lowest BCUT2D eigenvalue weighted by Gasteiger charge is -2.07. The molecule has 0 atom stereocenters. The van der Waals surface area contributed by atoms with E-state index in [4.69, 9.17) is 9.47 Å². The number of ether oxygens (including phenoxy) is 2. The summed E-state index contributed by atoms with van der Waals surface area (Å²) in [6.45, 7) is 2.71. The number of amides is 1. The van der Waals surface area contributed by atoms with Crippen molar-refractivity contribution in [2.45, 2.75) is 45.4 Å². The average molecular weight is 321 g/mol. The summed E-state index contributed by atoms with van der Waals surface area (Å²) < 4.78 is 10.2. The fourth-order valence-electron chi connectivity index (χ4n) is 2.12. The Balaban J connectivity index is 2.10. The summed E-state index contributed by atoms with van der Waals surface area (Å²) in [5.74, 6) is 0.475. The van der Waals surface area contributed by atoms with E-state index in [0.717, 1.165) is 37.0 Å². The van der Waals surface area contributed by atoms with Gasteiger partial charge >= 0.3 is 5.97 Å². The first-order valence-corrected chi connectivity index (χ1v) is 8.21. The monoisotopic (exact) mass is 321 g/mol. The molecule has 0 unspecified atom stereocenters. The highest BCUT2D eigenvalue weighted by molar-refractivity contribution is 5.76. The minimum Gasteiger partial charge on any atom is -0.497 e. The molecule has 0 aliphatic carbocycles. The molecule has 0 aliphatic rings. The smallest absolute Gasteiger partial charge is 0.310 e. The molecule has 0 saturated carbocycles. The van der Waals surface area contributed by atoms with Crippen LogP contribution in [0.2, 0.25) is 0 Å². The van der Waals surface area contributed by atoms with Gasteiger partial charge < -0.3 is 14.8 Å². The van der Waals surface area contributed by atoms with Crippen molar-refractivity contribution in [3.05, 3.63) is 29.8 Å². The number of methoxy groups -OCH3 is 1. The lowest BCUT2D eigenvalue weighted by Crippen LogP contribution is -2.28. The summed E-state index contributed by atoms with van der Waals surface area (Å²) >= 11 is 0. The lowest BCUT2D eigenvalue weighted by atomic mass is 10.1. The van der Waals surface area contributed by atoms with Crippen molar-refractivity contribution < 1.29 is 19.1 Å². The van der Waals surface area contributed by atoms with E-state index in [9.17, 15) is 9.59 Å². The van der Waals surface area contributed by atoms with E-state index >= 15 is 0 Å². The van der Waals surface area contributed by atoms with Crippen LogP contribution in [0.4, 0.5) is 0 Å². The molecule has 0 radical (unpaired) electrons. The van der Waals surface area contributed by atoms with Crippen LogP contribution in [0.5, 0.6) is 5.75 Å². The van der Waals surface area contributed by atoms with Crippen molar-refractivity contribution in [2.24, 2.45) is 0 Å². The molecule has 0 spiro atoms. The number of hydrogen-bond donors (Lipinski definition) is 1. The molecule has 0 bridgehead atoms. The SMILES string of the molecule is CCCCCCC(=O)NCCOC(=O)Cc1ccc(OC)cc1. The van der Waals surface area contributed by atoms with E-state index in [1.807, 2.05) is 12.1 Å². The van der Waals surface area contributed by atoms with E-state index in [2.05, 4.69) is 12.2 Å². The van der Waals surface area contributed by atoms with Crippen molar-refractivity contribution >= 4 is 11.9 Å². The van der Waals surface area contributed by atoms with Crippen LogP contribution in [-0.2, 0) is 20.7 Å². The molecular weight excluding hydrogens is 294 g/mol. The van der Waals surface area contributed by atoms with Gasteiger partial charge in [-0.3, -0.25) is 9.59 Å². The van der Waals surface area contributed by atoms with Gasteiger partial charge in [0.15, 0.2) is 0 Å². The first kappa shape index (κ1) is 19.0. The van der Waals surface area contributed by atoms with Crippen molar-refractivity contribution in [1.82, 2.24) is 5.32 Å². The summed E-state index contributed by atoms with van der Waals surface area (Å²) in [5, 5.41) is 2.76. The Morgan fingerprint density at radius 3 is 2.48 bits per heavy atom. The summed E-state index contributed by atoms with van der Waals surface area (Å²) in [4.78, 5) is 23.2. The van der Waals surface area contributed by atoms with E-state index < -0.39 is 0 Å². The highest BCUT2D eigenvalue weighted by Gasteiger charge is 2.06. The second-order valence-corrected chi connectivity index (χ2v) is 5.41. The predicted molar refractivity (Wildman–Crippen MR) is 89.4 cm³/mol. The van der Waals surface area contributed by atoms with Crippen molar-refractivity contribution in [3.63, 3.8) is 0 Å². The second kappa shape index (κ2) is 11.5. The number of nitrogens with one attached hydrogen (secondary N) is 1. The number of rotatable bonds is 11. The molecule has 1 aromatic rings. The van der Waals surface area contributed by atoms with Crippen LogP contribution in [0.1, 0.15) is 44.6 Å². The van der Waals surface area contributed by atoms with Crippen molar-refractivity contribution in [1.29, 1.82) is 0 Å². The Hall–Kier alpha value is -2.04. The number of hydrogen-bond acceptors (Lipinski definition) is 4. The van der Waals surface area contributed by atoms with Gasteiger partial charge in [-0.1, -0.05) is 38.3 Å². The van der Waals surface area contributed by atoms with Gasteiger partial charge in [-0.25, -0.2) is 0 Å². The highest BCUT2D eigenvalue weighted by Crippen LogP contribution is 2.11. The molecule has 1 rings (SSSR count). The van der Waals surface area contributed by atoms with Gasteiger partial charge in [-0.05, 0) is 24.1 Å². The van der Waals surface area contributed by atoms with Crippen LogP contribution in [0.25, 0.3) is 0 Å². The van der Waals surface area contributed by atoms with E-state index in [1.165, 1.54) is 0 Å². The summed E-state index contributed by atoms with van der Waals surface area (Å²) in [7, 11) is 1.60. The molecule has 5 heteroatoms. The van der Waals surface area contributed by atoms with Crippen LogP contribution in [0.15, 0.2) is 24.3 Å². The number of carbonyl (C=O) groups is 2. The molecule has 128 valence electrons. The Bertz CT molecular complexity index is 470. The zero-order valence-electron chi connectivity index (χ0n) is 14.1. The normalized spacial score (nSPS) is 10.2. The summed E-state index contributed by atoms with van der Waals surface area (Å²) in [6, 6.07) is 7.28. The van der Waals surface area contributed by atoms with Crippen LogP contribution < -0.4 is 10.1 Å². The minimum atomic E-state index is -0.299. The van der Waals surface area contributed by atoms with Gasteiger partial charge in [0.25, 0.3) is 0 Å². The maximum Gasteiger partial charge on any atom is 0.310 e. The highest BCUT2D eigenvalue weighted by atomic mass is 16.5. The Labute approximate surface area is 138 Å². The zero-order chi connectivity index (χ0) is 16.9. The number of carbonyl (C=O) groups excluding carboxylic acids is 2. The molecule has 0 aliphatic heterocycles. The average Bonchev–Trinajstić information content (AvgIpc) is 2.56. The molecule has 1 amide bonds. The standard InChI is InChI=1S/C18H27NO4/c1-3-4-5-6-7-17(20)19-12-13-23-18(21)14-15-8-10-16(22-2)11-9-15/h8-11H,3-7,12-14H2,1-2H3,(H,19,20). The van der Waals surface area contributed by atoms with E-state index in [1.54, 1.807) is 19.2 Å². The quantitative estimate of drug-likeness (QED) is 0.503. The first-order chi connectivity index (χ1) is 11.2. The molecular formula is C18H27NO4. The van der Waals surface area contributed by atoms with Crippen molar-refractivity contribution in [3.8, 4) is 5.75 Å². The molecule has 1 aromatic carbocycles. The third-order valence-electron chi connectivity index (χ3n) is 3.45. The molecule has 0 aromatic heterocycles. The van der Waals surface area contributed by atoms with Crippen LogP contribution in [-0.4, -0.2) is 32.1 Å². The van der Waals surface area contributed by atoms with E-state index in [0.29, 0.717) is 13.0 Å². The summed E-state index contributed by atoms with van der Waals surface area (Å²) in [6.07, 6.45) is 5.08. The van der Waals surface area contributed by atoms with Gasteiger partial charge in [-0.15, -0.1) is 0 Å². The van der Waals surface area contributed by atoms with Crippen LogP contribution in [0.3, 0.4) is 0 Å². The Morgan fingerprint density at radius 2 is 1.83 bits per heavy atom. The van der Waals surface area contributed by atoms with Crippen LogP contribution in [0, 0.1) is 0 Å². The third kappa shape index (κ3) is 8.86. The zero-order valence-corrected chi connectivity index (χ0v) is 14.1. The Morgan fingerprint density at radius 1 is 1.09 bits per heavy atom. The minimum absolute atomic E-state index is 0.0207. The molecule has 5 nitrogen and oxygen atoms in total. The topological polar surface area (TPSA) is 64.6 Å². The summed E-state index contributed by atoms with van der Waals surface area (Å²) in [5.41, 5.74) is 0.871. The van der Waals surface area contributed by atoms with Crippen LogP contribution >= 0.6 is 0 Å². The fraction of sp³-hybridized carbons (Fsp3) is 0.556. The van der Waals surface area contributed by atoms with Gasteiger partial charge in [-0.2, -0.15) is 0 Å². The number of esters is 1. The molecule has 0 saturated heterocycles. The van der Waals surface area contributed by atoms with Crippen molar-refractivity contribution in [2.75, 3.05) is 20.3 Å². The molecule has 23 heavy (non-hydrogen) atoms. The van der Waals surface area contributed by atoms with Gasteiger partial charge in [0, 0.05) is 6.42 Å². The Kier molecular flexibility index (Phi) is 9.52. The molecule has 1 N–H and O–H groups in total. The molecule has 0 heterocycles. The van der Waals surface area contributed by atoms with Gasteiger partial charge in [0.2, 0.25) is 5.91 Å². The fourth-order valence-corrected chi connectivity index (χ4v) is 2.12. The van der Waals surface area contributed by atoms with E-state index in [-0.39, 0.29) is 24.9 Å². The number of benzene rings is 1. The lowest BCUT2D eigenvalue weighted by molar-refractivity contribution is -0.143. The maximum absolute atomic E-state index is 11.7. The maximum atomic E-state index is 11.7. The number of unbranched alkanes of at least 4 members (excludes halogenated alkanes) is 3. The third-order valence-corrected chi connectivity index (χ3v) is 3.45. The second-order valence-electron chi connectivity index (χ2n) is 5.41. The van der Waals surface area contributed by atoms with Gasteiger partial charge in [0.05, 0.1) is 20.1 Å². The first-order valence-electron chi connectivity index (χ1n) is 8.21. The predicted octanol–water partition coefficient (Wildman–Crippen LogP) is 2.87. The largest absolute Gasteiger partial charge is 0.497 e. The molecule has 0 fully saturated rings. The van der Waals surface area contributed by atoms with Gasteiger partial charge in [0.1, 0.15) is 12.4 Å².